The molecule has 2 aromatic carbocycles. The number of carbonyl (C=O) groups excluding carboxylic acids is 1. The van der Waals surface area contributed by atoms with Gasteiger partial charge in [0.05, 0.1) is 27.0 Å². The van der Waals surface area contributed by atoms with E-state index >= 15 is 0 Å². The van der Waals surface area contributed by atoms with Crippen LogP contribution in [0.5, 0.6) is 23.0 Å². The molecule has 0 heterocycles. The number of benzene rings is 2. The molecule has 1 amide bonds. The number of rotatable bonds is 9. The predicted molar refractivity (Wildman–Crippen MR) is 98.4 cm³/mol. The molecule has 2 aromatic rings. The second kappa shape index (κ2) is 9.93. The van der Waals surface area contributed by atoms with Gasteiger partial charge in [0.2, 0.25) is 0 Å². The van der Waals surface area contributed by atoms with Crippen molar-refractivity contribution in [3.05, 3.63) is 48.0 Å². The van der Waals surface area contributed by atoms with Crippen LogP contribution >= 0.6 is 0 Å². The van der Waals surface area contributed by atoms with Gasteiger partial charge in [-0.15, -0.1) is 0 Å². The molecule has 0 atom stereocenters. The van der Waals surface area contributed by atoms with Crippen molar-refractivity contribution < 1.29 is 23.7 Å². The smallest absolute Gasteiger partial charge is 0.277 e. The summed E-state index contributed by atoms with van der Waals surface area (Å²) in [5.74, 6) is 2.07. The van der Waals surface area contributed by atoms with Crippen molar-refractivity contribution in [1.29, 1.82) is 0 Å². The van der Waals surface area contributed by atoms with Gasteiger partial charge in [0, 0.05) is 5.56 Å². The molecule has 0 aliphatic rings. The molecular weight excluding hydrogens is 336 g/mol. The molecular formula is C19H22N2O5. The van der Waals surface area contributed by atoms with Gasteiger partial charge in [-0.3, -0.25) is 4.79 Å². The van der Waals surface area contributed by atoms with Crippen molar-refractivity contribution >= 4 is 12.1 Å². The van der Waals surface area contributed by atoms with E-state index in [0.29, 0.717) is 29.4 Å². The van der Waals surface area contributed by atoms with Gasteiger partial charge in [0.25, 0.3) is 5.91 Å². The van der Waals surface area contributed by atoms with E-state index < -0.39 is 0 Å². The number of carbonyl (C=O) groups is 1. The number of methoxy groups -OCH3 is 2. The second-order valence-corrected chi connectivity index (χ2v) is 5.07. The van der Waals surface area contributed by atoms with E-state index in [2.05, 4.69) is 10.5 Å². The van der Waals surface area contributed by atoms with E-state index in [9.17, 15) is 4.79 Å². The zero-order valence-electron chi connectivity index (χ0n) is 15.0. The van der Waals surface area contributed by atoms with Crippen molar-refractivity contribution in [2.75, 3.05) is 27.4 Å². The molecule has 0 unspecified atom stereocenters. The lowest BCUT2D eigenvalue weighted by Crippen LogP contribution is -2.24. The molecule has 26 heavy (non-hydrogen) atoms. The molecule has 1 N–H and O–H groups in total. The Balaban J connectivity index is 1.86. The Morgan fingerprint density at radius 1 is 1.04 bits per heavy atom. The molecule has 0 aliphatic heterocycles. The number of hydrogen-bond donors (Lipinski definition) is 1. The molecule has 0 saturated carbocycles. The van der Waals surface area contributed by atoms with E-state index in [1.807, 2.05) is 6.92 Å². The van der Waals surface area contributed by atoms with Crippen LogP contribution in [0.1, 0.15) is 12.5 Å². The fourth-order valence-corrected chi connectivity index (χ4v) is 2.17. The largest absolute Gasteiger partial charge is 0.494 e. The van der Waals surface area contributed by atoms with Gasteiger partial charge in [-0.2, -0.15) is 5.10 Å². The van der Waals surface area contributed by atoms with Gasteiger partial charge in [0.15, 0.2) is 18.1 Å². The molecule has 138 valence electrons. The van der Waals surface area contributed by atoms with Crippen LogP contribution < -0.4 is 24.4 Å². The van der Waals surface area contributed by atoms with Crippen molar-refractivity contribution in [3.63, 3.8) is 0 Å². The molecule has 7 nitrogen and oxygen atoms in total. The maximum Gasteiger partial charge on any atom is 0.277 e. The normalized spacial score (nSPS) is 10.4. The van der Waals surface area contributed by atoms with Gasteiger partial charge in [-0.1, -0.05) is 6.07 Å². The van der Waals surface area contributed by atoms with Crippen molar-refractivity contribution in [2.24, 2.45) is 5.10 Å². The fraction of sp³-hybridized carbons (Fsp3) is 0.263. The lowest BCUT2D eigenvalue weighted by Gasteiger charge is -2.09. The quantitative estimate of drug-likeness (QED) is 0.551. The minimum atomic E-state index is -0.378. The van der Waals surface area contributed by atoms with Crippen molar-refractivity contribution in [1.82, 2.24) is 5.43 Å². The second-order valence-electron chi connectivity index (χ2n) is 5.07. The average molecular weight is 358 g/mol. The Bertz CT molecular complexity index is 744. The average Bonchev–Trinajstić information content (AvgIpc) is 2.67. The zero-order chi connectivity index (χ0) is 18.8. The number of nitrogens with zero attached hydrogens (tertiary/aromatic N) is 1. The minimum Gasteiger partial charge on any atom is -0.494 e. The van der Waals surface area contributed by atoms with Crippen LogP contribution in [0.2, 0.25) is 0 Å². The monoisotopic (exact) mass is 358 g/mol. The summed E-state index contributed by atoms with van der Waals surface area (Å²) in [6, 6.07) is 12.4. The SMILES string of the molecule is CCOc1ccc(OCC(=O)N/N=C\c2cccc(OC)c2OC)cc1. The number of hydrogen-bond acceptors (Lipinski definition) is 6. The Morgan fingerprint density at radius 3 is 2.35 bits per heavy atom. The first-order valence-corrected chi connectivity index (χ1v) is 8.06. The molecule has 0 bridgehead atoms. The minimum absolute atomic E-state index is 0.152. The topological polar surface area (TPSA) is 78.4 Å². The molecule has 0 aliphatic carbocycles. The molecule has 7 heteroatoms. The van der Waals surface area contributed by atoms with Gasteiger partial charge >= 0.3 is 0 Å². The van der Waals surface area contributed by atoms with Crippen molar-refractivity contribution in [3.8, 4) is 23.0 Å². The van der Waals surface area contributed by atoms with Crippen LogP contribution in [0.25, 0.3) is 0 Å². The summed E-state index contributed by atoms with van der Waals surface area (Å²) in [6.07, 6.45) is 1.48. The lowest BCUT2D eigenvalue weighted by atomic mass is 10.2. The number of amides is 1. The third-order valence-corrected chi connectivity index (χ3v) is 3.33. The first-order chi connectivity index (χ1) is 12.7. The van der Waals surface area contributed by atoms with Gasteiger partial charge in [0.1, 0.15) is 11.5 Å². The summed E-state index contributed by atoms with van der Waals surface area (Å²) in [4.78, 5) is 11.8. The maximum atomic E-state index is 11.8. The summed E-state index contributed by atoms with van der Waals surface area (Å²) >= 11 is 0. The van der Waals surface area contributed by atoms with Crippen LogP contribution in [0, 0.1) is 0 Å². The highest BCUT2D eigenvalue weighted by Crippen LogP contribution is 2.29. The van der Waals surface area contributed by atoms with Crippen molar-refractivity contribution in [2.45, 2.75) is 6.92 Å². The first-order valence-electron chi connectivity index (χ1n) is 8.06. The van der Waals surface area contributed by atoms with Crippen LogP contribution in [0.15, 0.2) is 47.6 Å². The van der Waals surface area contributed by atoms with E-state index in [1.54, 1.807) is 56.7 Å². The number of hydrazone groups is 1. The number of ether oxygens (including phenoxy) is 4. The molecule has 0 spiro atoms. The van der Waals surface area contributed by atoms with Crippen LogP contribution in [0.4, 0.5) is 0 Å². The Hall–Kier alpha value is -3.22. The molecule has 0 fully saturated rings. The fourth-order valence-electron chi connectivity index (χ4n) is 2.17. The number of nitrogens with one attached hydrogen (secondary N) is 1. The van der Waals surface area contributed by atoms with E-state index in [0.717, 1.165) is 5.75 Å². The van der Waals surface area contributed by atoms with E-state index in [-0.39, 0.29) is 12.5 Å². The van der Waals surface area contributed by atoms with E-state index in [1.165, 1.54) is 6.21 Å². The maximum absolute atomic E-state index is 11.8. The molecule has 0 saturated heterocycles. The summed E-state index contributed by atoms with van der Waals surface area (Å²) in [6.45, 7) is 2.36. The summed E-state index contributed by atoms with van der Waals surface area (Å²) < 4.78 is 21.2. The summed E-state index contributed by atoms with van der Waals surface area (Å²) in [5, 5.41) is 3.92. The van der Waals surface area contributed by atoms with Gasteiger partial charge in [-0.25, -0.2) is 5.43 Å². The molecule has 0 aromatic heterocycles. The highest BCUT2D eigenvalue weighted by Gasteiger charge is 2.07. The Morgan fingerprint density at radius 2 is 1.73 bits per heavy atom. The third-order valence-electron chi connectivity index (χ3n) is 3.33. The Kier molecular flexibility index (Phi) is 7.30. The predicted octanol–water partition coefficient (Wildman–Crippen LogP) is 2.63. The Labute approximate surface area is 152 Å². The highest BCUT2D eigenvalue weighted by molar-refractivity contribution is 5.86. The number of para-hydroxylation sites is 1. The first kappa shape index (κ1) is 19.1. The standard InChI is InChI=1S/C19H22N2O5/c1-4-25-15-8-10-16(11-9-15)26-13-18(22)21-20-12-14-6-5-7-17(23-2)19(14)24-3/h5-12H,4,13H2,1-3H3,(H,21,22)/b20-12-. The zero-order valence-corrected chi connectivity index (χ0v) is 15.0. The third kappa shape index (κ3) is 5.41. The summed E-state index contributed by atoms with van der Waals surface area (Å²) in [5.41, 5.74) is 3.09. The van der Waals surface area contributed by atoms with Gasteiger partial charge in [-0.05, 0) is 43.3 Å². The van der Waals surface area contributed by atoms with Crippen LogP contribution in [-0.2, 0) is 4.79 Å². The van der Waals surface area contributed by atoms with Crippen LogP contribution in [0.3, 0.4) is 0 Å². The highest BCUT2D eigenvalue weighted by atomic mass is 16.5. The lowest BCUT2D eigenvalue weighted by molar-refractivity contribution is -0.123. The van der Waals surface area contributed by atoms with E-state index in [4.69, 9.17) is 18.9 Å². The van der Waals surface area contributed by atoms with Crippen LogP contribution in [-0.4, -0.2) is 39.6 Å². The van der Waals surface area contributed by atoms with Gasteiger partial charge < -0.3 is 18.9 Å². The molecule has 0 radical (unpaired) electrons. The molecule has 2 rings (SSSR count). The summed E-state index contributed by atoms with van der Waals surface area (Å²) in [7, 11) is 3.09.